The van der Waals surface area contributed by atoms with Gasteiger partial charge in [-0.25, -0.2) is 0 Å². The van der Waals surface area contributed by atoms with E-state index in [4.69, 9.17) is 4.74 Å². The van der Waals surface area contributed by atoms with E-state index in [-0.39, 0.29) is 11.5 Å². The van der Waals surface area contributed by atoms with Gasteiger partial charge in [-0.1, -0.05) is 48.5 Å². The lowest BCUT2D eigenvalue weighted by Gasteiger charge is -2.29. The fraction of sp³-hybridized carbons (Fsp3) is 0.235. The smallest absolute Gasteiger partial charge is 0.315 e. The minimum absolute atomic E-state index is 0.274. The number of hydrogen-bond donors (Lipinski definition) is 0. The SMILES string of the molecule is O=C1Oc2ccccc2[C@H](C[N+](=O)[O-])[C@H]1Cc1ccccc1. The van der Waals surface area contributed by atoms with E-state index in [0.717, 1.165) is 11.1 Å². The second-order valence-electron chi connectivity index (χ2n) is 5.38. The molecule has 0 aliphatic carbocycles. The van der Waals surface area contributed by atoms with Gasteiger partial charge in [0.05, 0.1) is 11.8 Å². The van der Waals surface area contributed by atoms with E-state index in [1.54, 1.807) is 18.2 Å². The molecule has 0 spiro atoms. The van der Waals surface area contributed by atoms with Crippen LogP contribution in [-0.2, 0) is 11.2 Å². The van der Waals surface area contributed by atoms with E-state index < -0.39 is 17.8 Å². The molecule has 112 valence electrons. The normalized spacial score (nSPS) is 20.1. The van der Waals surface area contributed by atoms with Gasteiger partial charge in [-0.15, -0.1) is 0 Å². The van der Waals surface area contributed by atoms with Crippen LogP contribution in [0.1, 0.15) is 17.0 Å². The van der Waals surface area contributed by atoms with Gasteiger partial charge in [-0.05, 0) is 18.1 Å². The lowest BCUT2D eigenvalue weighted by Crippen LogP contribution is -2.36. The van der Waals surface area contributed by atoms with E-state index >= 15 is 0 Å². The van der Waals surface area contributed by atoms with Gasteiger partial charge in [0.2, 0.25) is 6.54 Å². The van der Waals surface area contributed by atoms with Gasteiger partial charge < -0.3 is 4.74 Å². The van der Waals surface area contributed by atoms with Crippen LogP contribution in [0.3, 0.4) is 0 Å². The van der Waals surface area contributed by atoms with Crippen molar-refractivity contribution >= 4 is 5.97 Å². The molecule has 0 unspecified atom stereocenters. The van der Waals surface area contributed by atoms with Crippen molar-refractivity contribution in [2.24, 2.45) is 5.92 Å². The minimum Gasteiger partial charge on any atom is -0.426 e. The van der Waals surface area contributed by atoms with E-state index in [2.05, 4.69) is 0 Å². The Bertz CT molecular complexity index is 699. The van der Waals surface area contributed by atoms with Gasteiger partial charge >= 0.3 is 5.97 Å². The summed E-state index contributed by atoms with van der Waals surface area (Å²) >= 11 is 0. The number of ether oxygens (including phenoxy) is 1. The zero-order valence-corrected chi connectivity index (χ0v) is 11.8. The van der Waals surface area contributed by atoms with Crippen LogP contribution >= 0.6 is 0 Å². The van der Waals surface area contributed by atoms with Crippen molar-refractivity contribution in [1.82, 2.24) is 0 Å². The van der Waals surface area contributed by atoms with Gasteiger partial charge in [0.25, 0.3) is 0 Å². The number of fused-ring (bicyclic) bond motifs is 1. The summed E-state index contributed by atoms with van der Waals surface area (Å²) < 4.78 is 5.37. The fourth-order valence-electron chi connectivity index (χ4n) is 2.92. The minimum atomic E-state index is -0.539. The summed E-state index contributed by atoms with van der Waals surface area (Å²) in [6, 6.07) is 16.5. The average molecular weight is 297 g/mol. The Labute approximate surface area is 127 Å². The molecule has 0 saturated heterocycles. The molecule has 0 fully saturated rings. The molecular formula is C17H15NO4. The maximum atomic E-state index is 12.3. The Morgan fingerprint density at radius 1 is 1.00 bits per heavy atom. The number of nitro groups is 1. The summed E-state index contributed by atoms with van der Waals surface area (Å²) in [6.45, 7) is -0.274. The van der Waals surface area contributed by atoms with E-state index in [0.29, 0.717) is 12.2 Å². The fourth-order valence-corrected chi connectivity index (χ4v) is 2.92. The molecule has 0 N–H and O–H groups in total. The molecule has 1 aliphatic heterocycles. The summed E-state index contributed by atoms with van der Waals surface area (Å²) in [5.74, 6) is -0.964. The first kappa shape index (κ1) is 14.3. The van der Waals surface area contributed by atoms with Gasteiger partial charge in [-0.2, -0.15) is 0 Å². The molecule has 5 nitrogen and oxygen atoms in total. The van der Waals surface area contributed by atoms with Crippen molar-refractivity contribution in [2.75, 3.05) is 6.54 Å². The number of carbonyl (C=O) groups excluding carboxylic acids is 1. The molecule has 0 aromatic heterocycles. The van der Waals surface area contributed by atoms with Crippen molar-refractivity contribution in [3.8, 4) is 5.75 Å². The molecule has 1 heterocycles. The average Bonchev–Trinajstić information content (AvgIpc) is 2.51. The van der Waals surface area contributed by atoms with Crippen molar-refractivity contribution in [2.45, 2.75) is 12.3 Å². The summed E-state index contributed by atoms with van der Waals surface area (Å²) in [4.78, 5) is 23.0. The molecule has 0 saturated carbocycles. The number of esters is 1. The van der Waals surface area contributed by atoms with Crippen molar-refractivity contribution in [3.05, 3.63) is 75.8 Å². The van der Waals surface area contributed by atoms with Gasteiger partial charge in [-0.3, -0.25) is 14.9 Å². The molecule has 2 aromatic rings. The lowest BCUT2D eigenvalue weighted by atomic mass is 9.80. The summed E-state index contributed by atoms with van der Waals surface area (Å²) in [7, 11) is 0. The van der Waals surface area contributed by atoms with Crippen LogP contribution in [0.25, 0.3) is 0 Å². The number of para-hydroxylation sites is 1. The molecule has 2 atom stereocenters. The third-order valence-corrected chi connectivity index (χ3v) is 3.96. The molecule has 0 radical (unpaired) electrons. The zero-order valence-electron chi connectivity index (χ0n) is 11.8. The number of carbonyl (C=O) groups is 1. The van der Waals surface area contributed by atoms with Gasteiger partial charge in [0, 0.05) is 10.5 Å². The number of nitrogens with zero attached hydrogens (tertiary/aromatic N) is 1. The molecule has 0 bridgehead atoms. The largest absolute Gasteiger partial charge is 0.426 e. The summed E-state index contributed by atoms with van der Waals surface area (Å²) in [5, 5.41) is 11.0. The molecular weight excluding hydrogens is 282 g/mol. The summed E-state index contributed by atoms with van der Waals surface area (Å²) in [6.07, 6.45) is 0.437. The van der Waals surface area contributed by atoms with Crippen LogP contribution in [0.15, 0.2) is 54.6 Å². The van der Waals surface area contributed by atoms with Crippen LogP contribution in [0.5, 0.6) is 5.75 Å². The maximum Gasteiger partial charge on any atom is 0.315 e. The van der Waals surface area contributed by atoms with Crippen molar-refractivity contribution in [3.63, 3.8) is 0 Å². The first-order valence-electron chi connectivity index (χ1n) is 7.11. The van der Waals surface area contributed by atoms with Gasteiger partial charge in [0.15, 0.2) is 0 Å². The van der Waals surface area contributed by atoms with Crippen molar-refractivity contribution in [1.29, 1.82) is 0 Å². The van der Waals surface area contributed by atoms with Crippen molar-refractivity contribution < 1.29 is 14.5 Å². The summed E-state index contributed by atoms with van der Waals surface area (Å²) in [5.41, 5.74) is 1.71. The molecule has 1 aliphatic rings. The third kappa shape index (κ3) is 2.83. The van der Waals surface area contributed by atoms with E-state index in [1.165, 1.54) is 0 Å². The quantitative estimate of drug-likeness (QED) is 0.376. The highest BCUT2D eigenvalue weighted by molar-refractivity contribution is 5.79. The second kappa shape index (κ2) is 5.97. The first-order valence-corrected chi connectivity index (χ1v) is 7.11. The Balaban J connectivity index is 1.96. The Morgan fingerprint density at radius 3 is 2.41 bits per heavy atom. The van der Waals surface area contributed by atoms with Crippen LogP contribution in [-0.4, -0.2) is 17.4 Å². The van der Waals surface area contributed by atoms with Gasteiger partial charge in [0.1, 0.15) is 5.75 Å². The molecule has 2 aromatic carbocycles. The van der Waals surface area contributed by atoms with Crippen LogP contribution in [0.4, 0.5) is 0 Å². The van der Waals surface area contributed by atoms with Crippen LogP contribution in [0, 0.1) is 16.0 Å². The second-order valence-corrected chi connectivity index (χ2v) is 5.38. The van der Waals surface area contributed by atoms with E-state index in [9.17, 15) is 14.9 Å². The van der Waals surface area contributed by atoms with E-state index in [1.807, 2.05) is 36.4 Å². The number of benzene rings is 2. The highest BCUT2D eigenvalue weighted by atomic mass is 16.6. The lowest BCUT2D eigenvalue weighted by molar-refractivity contribution is -0.484. The highest BCUT2D eigenvalue weighted by Gasteiger charge is 2.40. The Morgan fingerprint density at radius 2 is 1.68 bits per heavy atom. The van der Waals surface area contributed by atoms with Crippen LogP contribution in [0.2, 0.25) is 0 Å². The number of hydrogen-bond acceptors (Lipinski definition) is 4. The Kier molecular flexibility index (Phi) is 3.87. The number of rotatable bonds is 4. The molecule has 5 heteroatoms. The predicted octanol–water partition coefficient (Wildman–Crippen LogP) is 2.82. The van der Waals surface area contributed by atoms with Crippen LogP contribution < -0.4 is 4.74 Å². The monoisotopic (exact) mass is 297 g/mol. The Hall–Kier alpha value is -2.69. The first-order chi connectivity index (χ1) is 10.6. The molecule has 0 amide bonds. The topological polar surface area (TPSA) is 69.4 Å². The molecule has 22 heavy (non-hydrogen) atoms. The third-order valence-electron chi connectivity index (χ3n) is 3.96. The maximum absolute atomic E-state index is 12.3. The highest BCUT2D eigenvalue weighted by Crippen LogP contribution is 2.39. The molecule has 3 rings (SSSR count). The zero-order chi connectivity index (χ0) is 15.5. The standard InChI is InChI=1S/C17H15NO4/c19-17-14(10-12-6-2-1-3-7-12)15(11-18(20)21)13-8-4-5-9-16(13)22-17/h1-9,14-15H,10-11H2/t14-,15+/m1/s1. The predicted molar refractivity (Wildman–Crippen MR) is 80.3 cm³/mol.